The highest BCUT2D eigenvalue weighted by Gasteiger charge is 2.34. The number of aromatic nitrogens is 11. The molecule has 0 aliphatic carbocycles. The third-order valence-electron chi connectivity index (χ3n) is 27.1. The average Bonchev–Trinajstić information content (AvgIpc) is 1.55. The number of benzene rings is 18. The quantitative estimate of drug-likeness (QED) is 0.143. The lowest BCUT2D eigenvalue weighted by Gasteiger charge is -2.33. The van der Waals surface area contributed by atoms with E-state index >= 15 is 0 Å². The molecule has 0 saturated carbocycles. The largest absolute Gasteiger partial charge is 0.319 e. The smallest absolute Gasteiger partial charge is 0.240 e. The Labute approximate surface area is 736 Å². The van der Waals surface area contributed by atoms with Crippen molar-refractivity contribution in [3.05, 3.63) is 418 Å². The molecular weight excluding hydrogens is 1580 g/mol. The van der Waals surface area contributed by atoms with Gasteiger partial charge in [0, 0.05) is 122 Å². The van der Waals surface area contributed by atoms with Crippen molar-refractivity contribution in [3.63, 3.8) is 0 Å². The maximum atomic E-state index is 5.93. The highest BCUT2D eigenvalue weighted by atomic mass is 15.4. The van der Waals surface area contributed by atoms with Gasteiger partial charge in [0.05, 0.1) is 88.3 Å². The van der Waals surface area contributed by atoms with Crippen LogP contribution in [0.3, 0.4) is 0 Å². The number of hydrogen-bond acceptors (Lipinski definition) is 6. The van der Waals surface area contributed by atoms with Crippen molar-refractivity contribution in [2.45, 2.75) is 6.17 Å². The summed E-state index contributed by atoms with van der Waals surface area (Å²) in [5, 5.41) is 18.1. The summed E-state index contributed by atoms with van der Waals surface area (Å²) < 4.78 is 18.9. The second kappa shape index (κ2) is 27.3. The third kappa shape index (κ3) is 10.2. The zero-order chi connectivity index (χ0) is 84.4. The van der Waals surface area contributed by atoms with E-state index in [2.05, 4.69) is 455 Å². The second-order valence-corrected chi connectivity index (χ2v) is 33.9. The van der Waals surface area contributed by atoms with Crippen LogP contribution in [-0.4, -0.2) is 75.4 Å². The van der Waals surface area contributed by atoms with Crippen LogP contribution in [0.15, 0.2) is 422 Å². The van der Waals surface area contributed by atoms with Crippen LogP contribution in [0.4, 0.5) is 0 Å². The van der Waals surface area contributed by atoms with Gasteiger partial charge in [-0.2, -0.15) is 19.9 Å². The molecule has 27 aromatic rings. The number of fused-ring (bicyclic) bond motifs is 27. The maximum Gasteiger partial charge on any atom is 0.240 e. The topological polar surface area (TPSA) is 106 Å². The van der Waals surface area contributed by atoms with Crippen molar-refractivity contribution in [1.82, 2.24) is 56.4 Å². The molecule has 28 rings (SSSR count). The lowest BCUT2D eigenvalue weighted by Crippen LogP contribution is -2.40. The summed E-state index contributed by atoms with van der Waals surface area (Å²) in [6.45, 7) is 0. The van der Waals surface area contributed by atoms with Crippen molar-refractivity contribution in [2.24, 2.45) is 9.98 Å². The summed E-state index contributed by atoms with van der Waals surface area (Å²) >= 11 is 0. The first-order chi connectivity index (χ1) is 64.0. The van der Waals surface area contributed by atoms with Gasteiger partial charge in [0.1, 0.15) is 0 Å². The molecule has 0 fully saturated rings. The zero-order valence-corrected chi connectivity index (χ0v) is 69.6. The highest BCUT2D eigenvalue weighted by molar-refractivity contribution is 6.32. The monoisotopic (exact) mass is 1650 g/mol. The molecule has 602 valence electrons. The Hall–Kier alpha value is -17.5. The number of para-hydroxylation sites is 10. The molecule has 14 nitrogen and oxygen atoms in total. The Bertz CT molecular complexity index is 9530. The van der Waals surface area contributed by atoms with Crippen LogP contribution < -0.4 is 0 Å². The van der Waals surface area contributed by atoms with E-state index in [-0.39, 0.29) is 0 Å². The number of aliphatic imine (C=N–C) groups is 2. The number of rotatable bonds is 9. The molecular formula is C115H72N14. The Balaban J connectivity index is 0.583. The van der Waals surface area contributed by atoms with Crippen LogP contribution in [0.5, 0.6) is 0 Å². The molecule has 9 aromatic heterocycles. The minimum absolute atomic E-state index is 0.447. The fourth-order valence-electron chi connectivity index (χ4n) is 21.7. The molecule has 0 saturated heterocycles. The van der Waals surface area contributed by atoms with E-state index in [1.807, 2.05) is 6.07 Å². The van der Waals surface area contributed by atoms with Crippen molar-refractivity contribution in [1.29, 1.82) is 0 Å². The Morgan fingerprint density at radius 3 is 1.08 bits per heavy atom. The number of hydrogen-bond donors (Lipinski definition) is 0. The standard InChI is InChI=1S/C115H72N14/c1-121-111(72-33-8-3-9-34-72)118-114(129-93-52-25-15-42-79(93)83-61-63-100-106(109(83)129)86-47-20-27-54-95(86)123(100)75-38-12-5-13-39-75)120-115(121)127-91-50-23-17-44-81(91)89-68-102-88(69-103(89)127)80-43-16-22-49-90(80)125(102)77-40-30-35-73(67-77)70-57-59-76(60-58-70)124-96-55-28-21-48-87(96)107-101(124)64-62-82-78-41-14-24-51-92(78)128(108(82)107)113-117-110(71-31-6-2-7-32-71)116-112(119-113)126-97-56-29-19-46-85(97)105-99(126)66-65-98-104(105)84-45-18-26-53-94(84)122(98)74-36-10-4-11-37-74/h2-69,111H,1H3. The zero-order valence-electron chi connectivity index (χ0n) is 69.6. The molecule has 0 bridgehead atoms. The summed E-state index contributed by atoms with van der Waals surface area (Å²) in [6, 6.07) is 149. The fourth-order valence-corrected chi connectivity index (χ4v) is 21.7. The van der Waals surface area contributed by atoms with E-state index < -0.39 is 6.17 Å². The molecule has 10 heterocycles. The maximum absolute atomic E-state index is 5.93. The Kier molecular flexibility index (Phi) is 15.0. The van der Waals surface area contributed by atoms with E-state index in [1.54, 1.807) is 0 Å². The summed E-state index contributed by atoms with van der Waals surface area (Å²) in [4.78, 5) is 30.9. The fraction of sp³-hybridized carbons (Fsp3) is 0.0174. The van der Waals surface area contributed by atoms with Gasteiger partial charge in [-0.25, -0.2) is 4.99 Å². The van der Waals surface area contributed by atoms with Crippen LogP contribution in [0.25, 0.3) is 232 Å². The van der Waals surface area contributed by atoms with Crippen molar-refractivity contribution < 1.29 is 0 Å². The van der Waals surface area contributed by atoms with Crippen molar-refractivity contribution in [3.8, 4) is 57.2 Å². The summed E-state index contributed by atoms with van der Waals surface area (Å²) in [5.74, 6) is 2.97. The highest BCUT2D eigenvalue weighted by Crippen LogP contribution is 2.49. The van der Waals surface area contributed by atoms with Crippen LogP contribution in [0, 0.1) is 0 Å². The van der Waals surface area contributed by atoms with Gasteiger partial charge in [-0.1, -0.05) is 279 Å². The van der Waals surface area contributed by atoms with Crippen LogP contribution in [0.2, 0.25) is 0 Å². The van der Waals surface area contributed by atoms with Gasteiger partial charge in [0.25, 0.3) is 0 Å². The summed E-state index contributed by atoms with van der Waals surface area (Å²) in [5.41, 5.74) is 25.5. The molecule has 1 aliphatic rings. The first-order valence-electron chi connectivity index (χ1n) is 43.9. The van der Waals surface area contributed by atoms with Crippen molar-refractivity contribution in [2.75, 3.05) is 7.05 Å². The summed E-state index contributed by atoms with van der Waals surface area (Å²) in [6.07, 6.45) is -0.447. The van der Waals surface area contributed by atoms with Gasteiger partial charge < -0.3 is 23.2 Å². The van der Waals surface area contributed by atoms with E-state index in [4.69, 9.17) is 24.9 Å². The van der Waals surface area contributed by atoms with Crippen LogP contribution >= 0.6 is 0 Å². The summed E-state index contributed by atoms with van der Waals surface area (Å²) in [7, 11) is 2.15. The predicted molar refractivity (Wildman–Crippen MR) is 532 cm³/mol. The van der Waals surface area contributed by atoms with Gasteiger partial charge >= 0.3 is 0 Å². The van der Waals surface area contributed by atoms with Crippen LogP contribution in [-0.2, 0) is 0 Å². The normalized spacial score (nSPS) is 13.5. The molecule has 0 radical (unpaired) electrons. The first kappa shape index (κ1) is 71.0. The molecule has 1 atom stereocenters. The molecule has 0 N–H and O–H groups in total. The van der Waals surface area contributed by atoms with Gasteiger partial charge in [-0.05, 0) is 150 Å². The van der Waals surface area contributed by atoms with Crippen LogP contribution in [0.1, 0.15) is 11.7 Å². The molecule has 14 heteroatoms. The third-order valence-corrected chi connectivity index (χ3v) is 27.1. The molecule has 129 heavy (non-hydrogen) atoms. The van der Waals surface area contributed by atoms with E-state index in [0.29, 0.717) is 23.7 Å². The Morgan fingerprint density at radius 1 is 0.209 bits per heavy atom. The molecule has 18 aromatic carbocycles. The lowest BCUT2D eigenvalue weighted by molar-refractivity contribution is 0.371. The molecule has 0 spiro atoms. The van der Waals surface area contributed by atoms with E-state index in [1.165, 1.54) is 10.8 Å². The minimum atomic E-state index is -0.447. The molecule has 1 unspecified atom stereocenters. The SMILES string of the molecule is CN1C(n2c3ccccc3c3cc4c(cc32)c2ccccc2n4-c2cccc(-c3ccc(-n4c5ccccc5c5c4ccc4c6ccccc6n(-c6nc(-c7ccccc7)nc(-n7c8ccccc8c8c9c%10ccccc%10n(-c%10ccccc%10)c9ccc87)n6)c45)cc3)c2)=NC(n2c3ccccc3c3ccc4c(c5ccccc5n4-c4ccccc4)c32)=NC1c1ccccc1. The number of nitrogens with zero attached hydrogens (tertiary/aromatic N) is 14. The van der Waals surface area contributed by atoms with Gasteiger partial charge in [0.15, 0.2) is 12.0 Å². The van der Waals surface area contributed by atoms with Gasteiger partial charge in [-0.3, -0.25) is 18.3 Å². The molecule has 1 aliphatic heterocycles. The average molecular weight is 1650 g/mol. The van der Waals surface area contributed by atoms with E-state index in [9.17, 15) is 0 Å². The second-order valence-electron chi connectivity index (χ2n) is 33.9. The molecule has 0 amide bonds. The van der Waals surface area contributed by atoms with Gasteiger partial charge in [-0.15, -0.1) is 0 Å². The Morgan fingerprint density at radius 2 is 0.558 bits per heavy atom. The minimum Gasteiger partial charge on any atom is -0.319 e. The lowest BCUT2D eigenvalue weighted by atomic mass is 10.0. The van der Waals surface area contributed by atoms with Crippen molar-refractivity contribution >= 4 is 186 Å². The predicted octanol–water partition coefficient (Wildman–Crippen LogP) is 27.8. The van der Waals surface area contributed by atoms with E-state index in [0.717, 1.165) is 215 Å². The first-order valence-corrected chi connectivity index (χ1v) is 43.9. The van der Waals surface area contributed by atoms with Gasteiger partial charge in [0.2, 0.25) is 23.8 Å².